The number of carbonyl (C=O) groups is 2. The first-order chi connectivity index (χ1) is 16.6. The third-order valence-electron chi connectivity index (χ3n) is 6.57. The number of rotatable bonds is 9. The summed E-state index contributed by atoms with van der Waals surface area (Å²) >= 11 is 0. The fraction of sp³-hybridized carbons (Fsp3) is 0.444. The fourth-order valence-corrected chi connectivity index (χ4v) is 4.67. The average molecular weight is 464 g/mol. The van der Waals surface area contributed by atoms with Crippen LogP contribution >= 0.6 is 0 Å². The number of aromatic nitrogens is 1. The molecule has 34 heavy (non-hydrogen) atoms. The lowest BCUT2D eigenvalue weighted by Gasteiger charge is -2.34. The molecule has 0 radical (unpaired) electrons. The van der Waals surface area contributed by atoms with Gasteiger partial charge >= 0.3 is 5.63 Å². The number of amides is 2. The zero-order valence-corrected chi connectivity index (χ0v) is 19.8. The lowest BCUT2D eigenvalue weighted by atomic mass is 10.00. The zero-order valence-electron chi connectivity index (χ0n) is 19.8. The van der Waals surface area contributed by atoms with Gasteiger partial charge in [-0.2, -0.15) is 0 Å². The summed E-state index contributed by atoms with van der Waals surface area (Å²) in [5, 5.41) is 4.14. The van der Waals surface area contributed by atoms with E-state index in [1.807, 2.05) is 24.4 Å². The van der Waals surface area contributed by atoms with E-state index in [4.69, 9.17) is 4.42 Å². The number of para-hydroxylation sites is 1. The smallest absolute Gasteiger partial charge is 0.348 e. The average Bonchev–Trinajstić information content (AvgIpc) is 3.27. The minimum absolute atomic E-state index is 0.00210. The second-order valence-corrected chi connectivity index (χ2v) is 8.97. The molecule has 180 valence electrons. The quantitative estimate of drug-likeness (QED) is 0.465. The predicted molar refractivity (Wildman–Crippen MR) is 132 cm³/mol. The Morgan fingerprint density at radius 2 is 1.97 bits per heavy atom. The topological polar surface area (TPSA) is 95.4 Å². The minimum atomic E-state index is -0.622. The molecule has 7 nitrogen and oxygen atoms in total. The van der Waals surface area contributed by atoms with Crippen LogP contribution < -0.4 is 10.9 Å². The number of hydrogen-bond donors (Lipinski definition) is 2. The van der Waals surface area contributed by atoms with Gasteiger partial charge in [-0.3, -0.25) is 9.59 Å². The molecule has 4 rings (SSSR count). The van der Waals surface area contributed by atoms with Crippen molar-refractivity contribution in [2.24, 2.45) is 0 Å². The zero-order chi connectivity index (χ0) is 23.9. The number of hydrogen-bond acceptors (Lipinski definition) is 4. The lowest BCUT2D eigenvalue weighted by Crippen LogP contribution is -2.52. The van der Waals surface area contributed by atoms with Crippen molar-refractivity contribution in [2.45, 2.75) is 64.3 Å². The third kappa shape index (κ3) is 5.41. The number of aromatic amines is 1. The standard InChI is InChI=1S/C27H33N3O4/c1-2-3-4-9-20-13-14-22(27(33)34-20)26(32)30-17-8-7-12-24(30)25(31)28-16-15-19-18-29-23-11-6-5-10-21(19)23/h5-6,10-11,13-14,18,24,29H,2-4,7-9,12,15-17H2,1H3,(H,28,31). The third-order valence-corrected chi connectivity index (χ3v) is 6.57. The Labute approximate surface area is 199 Å². The van der Waals surface area contributed by atoms with Crippen molar-refractivity contribution in [3.8, 4) is 0 Å². The number of carbonyl (C=O) groups excluding carboxylic acids is 2. The number of fused-ring (bicyclic) bond motifs is 1. The van der Waals surface area contributed by atoms with Crippen molar-refractivity contribution >= 4 is 22.7 Å². The largest absolute Gasteiger partial charge is 0.427 e. The van der Waals surface area contributed by atoms with E-state index in [2.05, 4.69) is 23.3 Å². The molecule has 0 aliphatic carbocycles. The molecule has 1 atom stereocenters. The highest BCUT2D eigenvalue weighted by Crippen LogP contribution is 2.20. The van der Waals surface area contributed by atoms with Gasteiger partial charge in [0.25, 0.3) is 5.91 Å². The Morgan fingerprint density at radius 3 is 2.79 bits per heavy atom. The van der Waals surface area contributed by atoms with Crippen LogP contribution in [0.25, 0.3) is 10.9 Å². The molecule has 2 amide bonds. The van der Waals surface area contributed by atoms with Crippen molar-refractivity contribution in [2.75, 3.05) is 13.1 Å². The van der Waals surface area contributed by atoms with Crippen LogP contribution in [0.5, 0.6) is 0 Å². The van der Waals surface area contributed by atoms with Gasteiger partial charge in [0.2, 0.25) is 5.91 Å². The SMILES string of the molecule is CCCCCc1ccc(C(=O)N2CCCCC2C(=O)NCCc2c[nH]c3ccccc23)c(=O)o1. The van der Waals surface area contributed by atoms with E-state index in [1.54, 1.807) is 12.1 Å². The van der Waals surface area contributed by atoms with Gasteiger partial charge in [0.1, 0.15) is 17.4 Å². The van der Waals surface area contributed by atoms with Gasteiger partial charge in [-0.1, -0.05) is 38.0 Å². The molecule has 2 aromatic heterocycles. The number of aryl methyl sites for hydroxylation is 1. The van der Waals surface area contributed by atoms with Crippen molar-refractivity contribution < 1.29 is 14.0 Å². The van der Waals surface area contributed by atoms with Crippen LogP contribution in [0, 0.1) is 0 Å². The van der Waals surface area contributed by atoms with Crippen molar-refractivity contribution in [3.63, 3.8) is 0 Å². The van der Waals surface area contributed by atoms with Crippen LogP contribution in [0.4, 0.5) is 0 Å². The van der Waals surface area contributed by atoms with Crippen molar-refractivity contribution in [1.82, 2.24) is 15.2 Å². The molecule has 3 aromatic rings. The van der Waals surface area contributed by atoms with E-state index < -0.39 is 17.6 Å². The minimum Gasteiger partial charge on any atom is -0.427 e. The number of nitrogens with one attached hydrogen (secondary N) is 2. The van der Waals surface area contributed by atoms with Gasteiger partial charge in [0.05, 0.1) is 0 Å². The second-order valence-electron chi connectivity index (χ2n) is 8.97. The first-order valence-corrected chi connectivity index (χ1v) is 12.3. The number of unbranched alkanes of at least 4 members (excludes halogenated alkanes) is 2. The summed E-state index contributed by atoms with van der Waals surface area (Å²) in [4.78, 5) is 43.5. The van der Waals surface area contributed by atoms with Gasteiger partial charge in [-0.15, -0.1) is 0 Å². The van der Waals surface area contributed by atoms with Crippen LogP contribution in [0.1, 0.15) is 67.1 Å². The molecule has 1 unspecified atom stereocenters. The molecule has 0 bridgehead atoms. The maximum atomic E-state index is 13.2. The second kappa shape index (κ2) is 11.2. The number of piperidine rings is 1. The Kier molecular flexibility index (Phi) is 7.83. The number of likely N-dealkylation sites (tertiary alicyclic amines) is 1. The normalized spacial score (nSPS) is 16.0. The van der Waals surface area contributed by atoms with Crippen LogP contribution in [-0.2, 0) is 17.6 Å². The monoisotopic (exact) mass is 463 g/mol. The lowest BCUT2D eigenvalue weighted by molar-refractivity contribution is -0.126. The molecule has 7 heteroatoms. The number of benzene rings is 1. The summed E-state index contributed by atoms with van der Waals surface area (Å²) in [6, 6.07) is 10.8. The molecule has 1 saturated heterocycles. The summed E-state index contributed by atoms with van der Waals surface area (Å²) in [5.74, 6) is -0.000908. The van der Waals surface area contributed by atoms with Gasteiger partial charge in [0, 0.05) is 36.6 Å². The first kappa shape index (κ1) is 23.8. The highest BCUT2D eigenvalue weighted by atomic mass is 16.4. The molecule has 1 aromatic carbocycles. The summed E-state index contributed by atoms with van der Waals surface area (Å²) in [5.41, 5.74) is 1.59. The summed E-state index contributed by atoms with van der Waals surface area (Å²) in [6.07, 6.45) is 8.71. The number of H-pyrrole nitrogens is 1. The Bertz CT molecular complexity index is 1200. The molecule has 3 heterocycles. The maximum Gasteiger partial charge on any atom is 0.348 e. The van der Waals surface area contributed by atoms with Crippen LogP contribution in [-0.4, -0.2) is 40.8 Å². The van der Waals surface area contributed by atoms with E-state index in [0.717, 1.165) is 48.6 Å². The summed E-state index contributed by atoms with van der Waals surface area (Å²) in [6.45, 7) is 3.05. The predicted octanol–water partition coefficient (Wildman–Crippen LogP) is 4.21. The Balaban J connectivity index is 1.39. The summed E-state index contributed by atoms with van der Waals surface area (Å²) < 4.78 is 5.40. The molecule has 0 spiro atoms. The molecule has 1 fully saturated rings. The van der Waals surface area contributed by atoms with E-state index in [0.29, 0.717) is 38.1 Å². The van der Waals surface area contributed by atoms with Crippen LogP contribution in [0.2, 0.25) is 0 Å². The van der Waals surface area contributed by atoms with Gasteiger partial charge in [-0.05, 0) is 55.9 Å². The maximum absolute atomic E-state index is 13.2. The van der Waals surface area contributed by atoms with E-state index >= 15 is 0 Å². The molecular weight excluding hydrogens is 430 g/mol. The summed E-state index contributed by atoms with van der Waals surface area (Å²) in [7, 11) is 0. The molecule has 0 saturated carbocycles. The molecule has 1 aliphatic heterocycles. The van der Waals surface area contributed by atoms with Gasteiger partial charge in [0.15, 0.2) is 0 Å². The van der Waals surface area contributed by atoms with Crippen molar-refractivity contribution in [3.05, 3.63) is 69.9 Å². The number of nitrogens with zero attached hydrogens (tertiary/aromatic N) is 1. The van der Waals surface area contributed by atoms with E-state index in [9.17, 15) is 14.4 Å². The fourth-order valence-electron chi connectivity index (χ4n) is 4.67. The van der Waals surface area contributed by atoms with Crippen LogP contribution in [0.15, 0.2) is 51.8 Å². The highest BCUT2D eigenvalue weighted by molar-refractivity contribution is 5.97. The van der Waals surface area contributed by atoms with Crippen LogP contribution in [0.3, 0.4) is 0 Å². The molecular formula is C27H33N3O4. The molecule has 1 aliphatic rings. The molecule has 2 N–H and O–H groups in total. The van der Waals surface area contributed by atoms with Crippen molar-refractivity contribution in [1.29, 1.82) is 0 Å². The van der Waals surface area contributed by atoms with Gasteiger partial charge in [-0.25, -0.2) is 4.79 Å². The highest BCUT2D eigenvalue weighted by Gasteiger charge is 2.33. The Morgan fingerprint density at radius 1 is 1.12 bits per heavy atom. The Hall–Kier alpha value is -3.35. The van der Waals surface area contributed by atoms with E-state index in [1.165, 1.54) is 4.90 Å². The van der Waals surface area contributed by atoms with Gasteiger partial charge < -0.3 is 19.6 Å². The van der Waals surface area contributed by atoms with E-state index in [-0.39, 0.29) is 11.5 Å². The first-order valence-electron chi connectivity index (χ1n) is 12.3.